The van der Waals surface area contributed by atoms with Gasteiger partial charge in [-0.2, -0.15) is 15.0 Å². The maximum absolute atomic E-state index is 14.0. The molecule has 4 atom stereocenters. The molecule has 2 aliphatic heterocycles. The molecule has 0 saturated carbocycles. The molecule has 10 N–H and O–H groups in total. The number of sulfonamides is 1. The van der Waals surface area contributed by atoms with Crippen LogP contribution in [0, 0.1) is 6.92 Å². The zero-order chi connectivity index (χ0) is 34.0. The first-order valence-corrected chi connectivity index (χ1v) is 17.4. The molecule has 0 unspecified atom stereocenters. The van der Waals surface area contributed by atoms with Gasteiger partial charge < -0.3 is 43.2 Å². The Kier molecular flexibility index (Phi) is 9.66. The molecule has 3 heterocycles. The van der Waals surface area contributed by atoms with E-state index in [-0.39, 0.29) is 53.0 Å². The number of aryl methyl sites for hydroxylation is 1. The molecule has 1 aromatic heterocycles. The number of nitrogens with zero attached hydrogens (tertiary/aromatic N) is 6. The molecule has 2 saturated heterocycles. The highest BCUT2D eigenvalue weighted by Crippen LogP contribution is 2.36. The van der Waals surface area contributed by atoms with Gasteiger partial charge in [0.05, 0.1) is 17.1 Å². The largest absolute Gasteiger partial charge is 0.506 e. The summed E-state index contributed by atoms with van der Waals surface area (Å²) in [4.78, 5) is 18.1. The highest BCUT2D eigenvalue weighted by molar-refractivity contribution is 7.92. The lowest BCUT2D eigenvalue weighted by Gasteiger charge is -2.37. The summed E-state index contributed by atoms with van der Waals surface area (Å²) in [6.45, 7) is 4.00. The van der Waals surface area contributed by atoms with Crippen molar-refractivity contribution >= 4 is 39.2 Å². The molecule has 2 fully saturated rings. The van der Waals surface area contributed by atoms with Crippen molar-refractivity contribution in [1.29, 1.82) is 0 Å². The van der Waals surface area contributed by atoms with E-state index in [1.165, 1.54) is 10.4 Å². The van der Waals surface area contributed by atoms with Crippen LogP contribution in [0.1, 0.15) is 24.0 Å². The molecule has 0 bridgehead atoms. The number of benzene rings is 3. The maximum Gasteiger partial charge on any atom is 0.264 e. The molecule has 14 nitrogen and oxygen atoms in total. The van der Waals surface area contributed by atoms with Crippen molar-refractivity contribution in [2.24, 2.45) is 22.9 Å². The fourth-order valence-corrected chi connectivity index (χ4v) is 7.67. The summed E-state index contributed by atoms with van der Waals surface area (Å²) in [5.41, 5.74) is 27.4. The summed E-state index contributed by atoms with van der Waals surface area (Å²) in [5, 5.41) is 14.5. The van der Waals surface area contributed by atoms with E-state index in [2.05, 4.69) is 15.3 Å². The number of phenols is 1. The number of nitrogens with one attached hydrogen (secondary N) is 1. The van der Waals surface area contributed by atoms with Gasteiger partial charge in [0.25, 0.3) is 10.0 Å². The Hall–Kier alpha value is -4.54. The second-order valence-corrected chi connectivity index (χ2v) is 14.6. The number of hydrogen-bond acceptors (Lipinski definition) is 13. The Balaban J connectivity index is 1.34. The molecule has 2 aliphatic rings. The molecule has 0 amide bonds. The van der Waals surface area contributed by atoms with E-state index in [1.54, 1.807) is 36.4 Å². The Labute approximate surface area is 280 Å². The van der Waals surface area contributed by atoms with E-state index in [4.69, 9.17) is 27.9 Å². The first-order chi connectivity index (χ1) is 22.9. The number of anilines is 5. The minimum atomic E-state index is -4.05. The molecule has 6 rings (SSSR count). The van der Waals surface area contributed by atoms with Crippen LogP contribution in [0.25, 0.3) is 0 Å². The zero-order valence-electron chi connectivity index (χ0n) is 26.9. The lowest BCUT2D eigenvalue weighted by Crippen LogP contribution is -2.54. The van der Waals surface area contributed by atoms with Gasteiger partial charge in [0, 0.05) is 62.1 Å². The normalized spacial score (nSPS) is 21.6. The van der Waals surface area contributed by atoms with Crippen LogP contribution < -0.4 is 42.4 Å². The highest BCUT2D eigenvalue weighted by atomic mass is 32.2. The van der Waals surface area contributed by atoms with E-state index in [9.17, 15) is 13.5 Å². The van der Waals surface area contributed by atoms with E-state index in [0.29, 0.717) is 56.6 Å². The molecule has 4 aromatic rings. The first-order valence-electron chi connectivity index (χ1n) is 16.0. The molecule has 0 radical (unpaired) electrons. The quantitative estimate of drug-likeness (QED) is 0.149. The Morgan fingerprint density at radius 1 is 0.792 bits per heavy atom. The van der Waals surface area contributed by atoms with Gasteiger partial charge >= 0.3 is 0 Å². The van der Waals surface area contributed by atoms with Crippen LogP contribution >= 0.6 is 0 Å². The van der Waals surface area contributed by atoms with Gasteiger partial charge in [0.1, 0.15) is 5.75 Å². The second-order valence-electron chi connectivity index (χ2n) is 12.7. The van der Waals surface area contributed by atoms with Crippen LogP contribution in [0.3, 0.4) is 0 Å². The van der Waals surface area contributed by atoms with Crippen LogP contribution in [0.5, 0.6) is 5.75 Å². The predicted molar refractivity (Wildman–Crippen MR) is 188 cm³/mol. The van der Waals surface area contributed by atoms with Crippen molar-refractivity contribution < 1.29 is 13.5 Å². The number of aromatic hydroxyl groups is 1. The minimum Gasteiger partial charge on any atom is -0.506 e. The van der Waals surface area contributed by atoms with Crippen molar-refractivity contribution in [1.82, 2.24) is 15.0 Å². The summed E-state index contributed by atoms with van der Waals surface area (Å²) >= 11 is 0. The number of rotatable bonds is 9. The van der Waals surface area contributed by atoms with Crippen molar-refractivity contribution in [2.45, 2.75) is 55.4 Å². The summed E-state index contributed by atoms with van der Waals surface area (Å²) in [6, 6.07) is 20.0. The van der Waals surface area contributed by atoms with Gasteiger partial charge in [0.15, 0.2) is 0 Å². The molecule has 0 aliphatic carbocycles. The molecule has 0 spiro atoms. The number of piperidine rings is 2. The van der Waals surface area contributed by atoms with Gasteiger partial charge in [0.2, 0.25) is 17.8 Å². The Morgan fingerprint density at radius 2 is 1.33 bits per heavy atom. The molecule has 254 valence electrons. The van der Waals surface area contributed by atoms with E-state index >= 15 is 0 Å². The number of phenolic OH excluding ortho intramolecular Hbond substituents is 1. The lowest BCUT2D eigenvalue weighted by atomic mass is 10.0. The highest BCUT2D eigenvalue weighted by Gasteiger charge is 2.30. The number of nitrogens with two attached hydrogens (primary N) is 4. The number of aromatic nitrogens is 3. The van der Waals surface area contributed by atoms with Crippen molar-refractivity contribution in [3.8, 4) is 5.75 Å². The summed E-state index contributed by atoms with van der Waals surface area (Å²) in [5.74, 6) is 0.776. The van der Waals surface area contributed by atoms with E-state index in [0.717, 1.165) is 11.1 Å². The summed E-state index contributed by atoms with van der Waals surface area (Å²) in [7, 11) is -4.05. The zero-order valence-corrected chi connectivity index (χ0v) is 27.7. The Morgan fingerprint density at radius 3 is 1.85 bits per heavy atom. The average Bonchev–Trinajstić information content (AvgIpc) is 3.04. The topological polar surface area (TPSA) is 219 Å². The predicted octanol–water partition coefficient (Wildman–Crippen LogP) is 1.75. The van der Waals surface area contributed by atoms with Crippen LogP contribution in [0.15, 0.2) is 77.7 Å². The third-order valence-electron chi connectivity index (χ3n) is 8.49. The van der Waals surface area contributed by atoms with Crippen LogP contribution in [-0.2, 0) is 16.6 Å². The maximum atomic E-state index is 14.0. The fraction of sp³-hybridized carbons (Fsp3) is 0.364. The third-order valence-corrected chi connectivity index (χ3v) is 10.3. The summed E-state index contributed by atoms with van der Waals surface area (Å²) in [6.07, 6.45) is 1.39. The van der Waals surface area contributed by atoms with Gasteiger partial charge in [-0.05, 0) is 49.6 Å². The first kappa shape index (κ1) is 33.4. The van der Waals surface area contributed by atoms with Crippen LogP contribution in [-0.4, -0.2) is 78.8 Å². The monoisotopic (exact) mass is 673 g/mol. The van der Waals surface area contributed by atoms with Crippen LogP contribution in [0.2, 0.25) is 0 Å². The molecule has 15 heteroatoms. The SMILES string of the molecule is Cc1ccc(S(=O)(=O)N(Cc2ccccc2)c2ccc(Nc3nc(N4C[C@H](N)C[C@H](N)C4)nc(N4C[C@H](N)C[C@H](N)C4)n3)cc2O)cc1. The van der Waals surface area contributed by atoms with Crippen molar-refractivity contribution in [2.75, 3.05) is 45.6 Å². The molecule has 48 heavy (non-hydrogen) atoms. The van der Waals surface area contributed by atoms with Crippen LogP contribution in [0.4, 0.5) is 29.2 Å². The molecular formula is C33H43N11O3S. The minimum absolute atomic E-state index is 0.0117. The molecular weight excluding hydrogens is 631 g/mol. The van der Waals surface area contributed by atoms with Gasteiger partial charge in [-0.3, -0.25) is 4.31 Å². The summed E-state index contributed by atoms with van der Waals surface area (Å²) < 4.78 is 29.1. The average molecular weight is 674 g/mol. The number of hydrogen-bond donors (Lipinski definition) is 6. The van der Waals surface area contributed by atoms with Gasteiger partial charge in [-0.1, -0.05) is 48.0 Å². The van der Waals surface area contributed by atoms with Gasteiger partial charge in [-0.15, -0.1) is 0 Å². The van der Waals surface area contributed by atoms with E-state index in [1.807, 2.05) is 47.1 Å². The lowest BCUT2D eigenvalue weighted by molar-refractivity contribution is 0.441. The fourth-order valence-electron chi connectivity index (χ4n) is 6.20. The molecule has 3 aromatic carbocycles. The second kappa shape index (κ2) is 13.9. The third kappa shape index (κ3) is 7.61. The van der Waals surface area contributed by atoms with Gasteiger partial charge in [-0.25, -0.2) is 8.42 Å². The van der Waals surface area contributed by atoms with Crippen molar-refractivity contribution in [3.63, 3.8) is 0 Å². The van der Waals surface area contributed by atoms with E-state index < -0.39 is 10.0 Å². The Bertz CT molecular complexity index is 1760. The van der Waals surface area contributed by atoms with Crippen molar-refractivity contribution in [3.05, 3.63) is 83.9 Å². The standard InChI is InChI=1S/C33H43N11O3S/c1-21-7-10-28(11-8-21)48(46,47)44(16-22-5-3-2-4-6-22)29-12-9-27(15-30(29)45)38-31-39-32(42-17-23(34)13-24(35)18-42)41-33(40-31)43-19-25(36)14-26(37)20-43/h2-12,15,23-26,45H,13-14,16-20,34-37H2,1H3,(H,38,39,40,41)/t23-,24+,25-,26+. The smallest absolute Gasteiger partial charge is 0.264 e.